The SMILES string of the molecule is CC(N)(S)C(=O)N1CC[N-]CC1.CCN(CC1CC=C(n2ccc(NO)nc2=O)CC1)C1CCCCC1.[Y]. The molecule has 0 aromatic carbocycles. The number of nitrogens with zero attached hydrogens (tertiary/aromatic N) is 5. The maximum atomic E-state index is 12.1. The van der Waals surface area contributed by atoms with E-state index in [1.807, 2.05) is 5.48 Å². The van der Waals surface area contributed by atoms with Crippen LogP contribution in [0.4, 0.5) is 5.82 Å². The summed E-state index contributed by atoms with van der Waals surface area (Å²) in [6.07, 6.45) is 13.8. The molecule has 211 valence electrons. The molecule has 10 nitrogen and oxygen atoms in total. The van der Waals surface area contributed by atoms with Crippen molar-refractivity contribution in [3.05, 3.63) is 34.1 Å². The Kier molecular flexibility index (Phi) is 14.5. The van der Waals surface area contributed by atoms with E-state index in [1.165, 1.54) is 38.6 Å². The van der Waals surface area contributed by atoms with E-state index in [1.54, 1.807) is 28.7 Å². The Labute approximate surface area is 257 Å². The van der Waals surface area contributed by atoms with Gasteiger partial charge in [-0.25, -0.2) is 4.79 Å². The van der Waals surface area contributed by atoms with Crippen LogP contribution in [0.1, 0.15) is 65.2 Å². The molecule has 2 aliphatic carbocycles. The van der Waals surface area contributed by atoms with Crippen molar-refractivity contribution in [2.24, 2.45) is 11.7 Å². The largest absolute Gasteiger partial charge is 0.659 e. The van der Waals surface area contributed by atoms with Crippen LogP contribution in [0, 0.1) is 5.92 Å². The zero-order valence-corrected chi connectivity index (χ0v) is 26.6. The van der Waals surface area contributed by atoms with E-state index < -0.39 is 4.87 Å². The minimum atomic E-state index is -1.04. The van der Waals surface area contributed by atoms with E-state index in [0.29, 0.717) is 19.0 Å². The summed E-state index contributed by atoms with van der Waals surface area (Å²) in [4.78, 5) is 30.7. The Hall–Kier alpha value is -0.816. The van der Waals surface area contributed by atoms with Crippen molar-refractivity contribution < 1.29 is 42.7 Å². The number of nitrogens with two attached hydrogens (primary N) is 1. The van der Waals surface area contributed by atoms with Gasteiger partial charge in [0.1, 0.15) is 4.87 Å². The minimum absolute atomic E-state index is 0. The summed E-state index contributed by atoms with van der Waals surface area (Å²) in [6, 6.07) is 2.38. The summed E-state index contributed by atoms with van der Waals surface area (Å²) in [7, 11) is 0. The molecule has 3 aliphatic rings. The number of hydrogen-bond donors (Lipinski definition) is 4. The molecule has 1 aromatic rings. The predicted molar refractivity (Wildman–Crippen MR) is 151 cm³/mol. The van der Waals surface area contributed by atoms with Crippen LogP contribution in [0.5, 0.6) is 0 Å². The first kappa shape index (κ1) is 33.4. The smallest absolute Gasteiger partial charge is 0.353 e. The van der Waals surface area contributed by atoms with Gasteiger partial charge in [-0.15, -0.1) is 25.7 Å². The zero-order valence-electron chi connectivity index (χ0n) is 22.9. The number of hydrogen-bond acceptors (Lipinski definition) is 8. The molecule has 4 N–H and O–H groups in total. The number of aromatic nitrogens is 2. The third kappa shape index (κ3) is 9.98. The molecule has 0 bridgehead atoms. The fraction of sp³-hybridized carbons (Fsp3) is 0.731. The summed E-state index contributed by atoms with van der Waals surface area (Å²) >= 11 is 4.02. The number of anilines is 1. The monoisotopic (exact) mass is 623 g/mol. The molecule has 1 saturated heterocycles. The van der Waals surface area contributed by atoms with Crippen molar-refractivity contribution in [2.45, 2.75) is 76.1 Å². The number of carbonyl (C=O) groups excluding carboxylic acids is 1. The number of carbonyl (C=O) groups is 1. The molecule has 12 heteroatoms. The van der Waals surface area contributed by atoms with E-state index in [4.69, 9.17) is 10.9 Å². The van der Waals surface area contributed by atoms with Gasteiger partial charge in [0.15, 0.2) is 5.82 Å². The number of thiol groups is 1. The summed E-state index contributed by atoms with van der Waals surface area (Å²) in [5.41, 5.74) is 8.15. The van der Waals surface area contributed by atoms with Crippen LogP contribution in [-0.2, 0) is 37.5 Å². The summed E-state index contributed by atoms with van der Waals surface area (Å²) < 4.78 is 1.59. The molecule has 1 aromatic heterocycles. The van der Waals surface area contributed by atoms with Gasteiger partial charge in [0.05, 0.1) is 0 Å². The molecular formula is C26H44N7O3SY-. The first-order valence-electron chi connectivity index (χ1n) is 13.6. The fourth-order valence-corrected chi connectivity index (χ4v) is 5.53. The van der Waals surface area contributed by atoms with Crippen molar-refractivity contribution >= 4 is 30.1 Å². The Morgan fingerprint density at radius 3 is 2.50 bits per heavy atom. The minimum Gasteiger partial charge on any atom is -0.659 e. The molecule has 4 rings (SSSR count). The van der Waals surface area contributed by atoms with Crippen LogP contribution >= 0.6 is 12.6 Å². The average molecular weight is 624 g/mol. The van der Waals surface area contributed by atoms with Crippen LogP contribution in [0.15, 0.2) is 23.1 Å². The van der Waals surface area contributed by atoms with Gasteiger partial charge in [-0.2, -0.15) is 4.98 Å². The predicted octanol–water partition coefficient (Wildman–Crippen LogP) is 3.14. The standard InChI is InChI=1S/C19H30N4O2.C7H14N3OS.Y/c1-2-22(16-6-4-3-5-7-16)14-15-8-10-17(11-9-15)23-13-12-18(21-25)20-19(23)24;1-7(8,12)6(11)10-4-2-9-3-5-10;/h10,12-13,15-16,25H,2-9,11,14H2,1H3,(H,20,21,24);12H,2-5,8H2,1H3;/q;-1;. The van der Waals surface area contributed by atoms with Crippen LogP contribution in [0.3, 0.4) is 0 Å². The molecule has 1 amide bonds. The van der Waals surface area contributed by atoms with Gasteiger partial charge in [0.2, 0.25) is 0 Å². The molecule has 2 heterocycles. The molecular weight excluding hydrogens is 579 g/mol. The number of allylic oxidation sites excluding steroid dienone is 2. The van der Waals surface area contributed by atoms with Crippen LogP contribution in [-0.4, -0.2) is 80.6 Å². The normalized spacial score (nSPS) is 21.9. The third-order valence-corrected chi connectivity index (χ3v) is 7.68. The second-order valence-corrected chi connectivity index (χ2v) is 11.3. The molecule has 1 saturated carbocycles. The second-order valence-electron chi connectivity index (χ2n) is 10.4. The molecule has 2 unspecified atom stereocenters. The number of nitrogens with one attached hydrogen (secondary N) is 1. The van der Waals surface area contributed by atoms with Crippen LogP contribution in [0.25, 0.3) is 11.0 Å². The average Bonchev–Trinajstić information content (AvgIpc) is 2.92. The maximum Gasteiger partial charge on any atom is 0.353 e. The van der Waals surface area contributed by atoms with Crippen molar-refractivity contribution in [3.63, 3.8) is 0 Å². The number of piperazine rings is 1. The van der Waals surface area contributed by atoms with E-state index in [2.05, 4.69) is 40.8 Å². The first-order valence-corrected chi connectivity index (χ1v) is 14.0. The van der Waals surface area contributed by atoms with Gasteiger partial charge >= 0.3 is 5.69 Å². The molecule has 2 atom stereocenters. The third-order valence-electron chi connectivity index (χ3n) is 7.49. The van der Waals surface area contributed by atoms with Crippen molar-refractivity contribution in [1.29, 1.82) is 0 Å². The molecule has 1 aliphatic heterocycles. The Morgan fingerprint density at radius 2 is 1.97 bits per heavy atom. The Bertz CT molecular complexity index is 957. The second kappa shape index (κ2) is 16.4. The van der Waals surface area contributed by atoms with Gasteiger partial charge in [-0.3, -0.25) is 20.0 Å². The fourth-order valence-electron chi connectivity index (χ4n) is 5.39. The van der Waals surface area contributed by atoms with Gasteiger partial charge in [0.25, 0.3) is 5.91 Å². The van der Waals surface area contributed by atoms with Gasteiger partial charge in [0, 0.05) is 70.3 Å². The van der Waals surface area contributed by atoms with Gasteiger partial charge in [-0.1, -0.05) is 32.3 Å². The topological polar surface area (TPSA) is 131 Å². The number of rotatable bonds is 7. The number of amides is 1. The van der Waals surface area contributed by atoms with E-state index in [-0.39, 0.29) is 50.1 Å². The zero-order chi connectivity index (χ0) is 26.8. The Morgan fingerprint density at radius 1 is 1.29 bits per heavy atom. The van der Waals surface area contributed by atoms with E-state index >= 15 is 0 Å². The van der Waals surface area contributed by atoms with Crippen LogP contribution < -0.4 is 16.9 Å². The van der Waals surface area contributed by atoms with Crippen molar-refractivity contribution in [3.8, 4) is 0 Å². The Balaban J connectivity index is 0.000000330. The summed E-state index contributed by atoms with van der Waals surface area (Å²) in [6.45, 7) is 8.97. The maximum absolute atomic E-state index is 12.1. The molecule has 2 fully saturated rings. The molecule has 1 radical (unpaired) electrons. The van der Waals surface area contributed by atoms with E-state index in [0.717, 1.165) is 50.6 Å². The van der Waals surface area contributed by atoms with E-state index in [9.17, 15) is 9.59 Å². The van der Waals surface area contributed by atoms with Crippen molar-refractivity contribution in [2.75, 3.05) is 44.7 Å². The first-order chi connectivity index (χ1) is 17.7. The van der Waals surface area contributed by atoms with Gasteiger partial charge in [-0.05, 0) is 57.6 Å². The van der Waals surface area contributed by atoms with Crippen LogP contribution in [0.2, 0.25) is 0 Å². The van der Waals surface area contributed by atoms with Gasteiger partial charge < -0.3 is 20.9 Å². The quantitative estimate of drug-likeness (QED) is 0.209. The summed E-state index contributed by atoms with van der Waals surface area (Å²) in [5, 5.41) is 13.0. The molecule has 38 heavy (non-hydrogen) atoms. The molecule has 0 spiro atoms. The van der Waals surface area contributed by atoms with Crippen molar-refractivity contribution in [1.82, 2.24) is 19.4 Å². The summed E-state index contributed by atoms with van der Waals surface area (Å²) in [5.74, 6) is 0.745.